The van der Waals surface area contributed by atoms with Crippen LogP contribution in [0.15, 0.2) is 15.8 Å². The highest BCUT2D eigenvalue weighted by Gasteiger charge is 2.46. The summed E-state index contributed by atoms with van der Waals surface area (Å²) in [5, 5.41) is 28.8. The lowest BCUT2D eigenvalue weighted by atomic mass is 10.1. The standard InChI is InChI=1S/C9H16N2O19P4/c12-2-4-5(13)6(14)8(26-4)11-1-3(7(15)10-9(11)16)27-32(20,21)29-34(24,25)30-33(22,23)28-31(17,18)19/h1,4-6,8,12-14H,2H2,(H,20,21)(H,22,23)(H,24,25)(H,10,15,16)(H2,17,18,19)/t4-,5-,6-,8-/m1/s1. The molecule has 9 N–H and O–H groups in total. The van der Waals surface area contributed by atoms with Crippen LogP contribution in [0.3, 0.4) is 0 Å². The summed E-state index contributed by atoms with van der Waals surface area (Å²) >= 11 is 0. The Bertz CT molecular complexity index is 1220. The zero-order valence-corrected chi connectivity index (χ0v) is 19.5. The Morgan fingerprint density at radius 1 is 0.912 bits per heavy atom. The smallest absolute Gasteiger partial charge is 0.396 e. The molecule has 1 aliphatic rings. The van der Waals surface area contributed by atoms with Crippen molar-refractivity contribution in [2.75, 3.05) is 6.61 Å². The van der Waals surface area contributed by atoms with Crippen molar-refractivity contribution in [2.24, 2.45) is 0 Å². The van der Waals surface area contributed by atoms with E-state index in [1.807, 2.05) is 0 Å². The second-order valence-corrected chi connectivity index (χ2v) is 12.1. The fraction of sp³-hybridized carbons (Fsp3) is 0.556. The van der Waals surface area contributed by atoms with Gasteiger partial charge in [-0.1, -0.05) is 0 Å². The average molecular weight is 580 g/mol. The number of aliphatic hydroxyl groups is 3. The number of rotatable bonds is 10. The maximum Gasteiger partial charge on any atom is 0.536 e. The molecule has 21 nitrogen and oxygen atoms in total. The zero-order valence-electron chi connectivity index (χ0n) is 15.9. The van der Waals surface area contributed by atoms with Gasteiger partial charge in [0.1, 0.15) is 18.3 Å². The van der Waals surface area contributed by atoms with E-state index in [4.69, 9.17) is 24.5 Å². The Kier molecular flexibility index (Phi) is 8.68. The number of phosphoric acid groups is 4. The van der Waals surface area contributed by atoms with Crippen LogP contribution in [0.1, 0.15) is 6.23 Å². The normalized spacial score (nSPS) is 28.6. The van der Waals surface area contributed by atoms with E-state index < -0.39 is 79.4 Å². The van der Waals surface area contributed by atoms with Gasteiger partial charge in [-0.05, 0) is 0 Å². The maximum atomic E-state index is 12.0. The SMILES string of the molecule is O=c1[nH]c(=O)n([C@@H]2O[C@H](CO)[C@@H](O)[C@H]2O)cc1OP(=O)(O)OP(=O)(O)OP(=O)(O)OP(=O)(O)O. The van der Waals surface area contributed by atoms with E-state index in [0.29, 0.717) is 10.8 Å². The summed E-state index contributed by atoms with van der Waals surface area (Å²) in [6.07, 6.45) is -6.37. The molecule has 0 amide bonds. The fourth-order valence-corrected chi connectivity index (χ4v) is 6.85. The Morgan fingerprint density at radius 2 is 1.44 bits per heavy atom. The average Bonchev–Trinajstić information content (AvgIpc) is 2.87. The molecule has 1 saturated heterocycles. The lowest BCUT2D eigenvalue weighted by Gasteiger charge is -2.20. The van der Waals surface area contributed by atoms with Gasteiger partial charge < -0.3 is 44.2 Å². The Morgan fingerprint density at radius 3 is 1.94 bits per heavy atom. The lowest BCUT2D eigenvalue weighted by molar-refractivity contribution is -0.0552. The van der Waals surface area contributed by atoms with Gasteiger partial charge in [-0.25, -0.2) is 23.1 Å². The third kappa shape index (κ3) is 7.71. The zero-order chi connectivity index (χ0) is 26.3. The summed E-state index contributed by atoms with van der Waals surface area (Å²) in [7, 11) is -23.9. The molecule has 1 fully saturated rings. The van der Waals surface area contributed by atoms with Crippen LogP contribution in [0.2, 0.25) is 0 Å². The van der Waals surface area contributed by atoms with Gasteiger partial charge in [0.05, 0.1) is 12.8 Å². The van der Waals surface area contributed by atoms with E-state index in [-0.39, 0.29) is 0 Å². The molecule has 1 aliphatic heterocycles. The van der Waals surface area contributed by atoms with Crippen LogP contribution in [0.5, 0.6) is 5.75 Å². The Balaban J connectivity index is 2.28. The first-order valence-corrected chi connectivity index (χ1v) is 14.1. The summed E-state index contributed by atoms with van der Waals surface area (Å²) in [5.74, 6) is -1.30. The molecular formula is C9H16N2O19P4. The van der Waals surface area contributed by atoms with Crippen molar-refractivity contribution in [1.82, 2.24) is 9.55 Å². The number of aliphatic hydroxyl groups excluding tert-OH is 3. The minimum Gasteiger partial charge on any atom is -0.396 e. The number of phosphoric ester groups is 1. The number of aromatic amines is 1. The third-order valence-corrected chi connectivity index (χ3v) is 8.97. The van der Waals surface area contributed by atoms with Crippen LogP contribution in [0, 0.1) is 0 Å². The number of H-pyrrole nitrogens is 1. The Labute approximate surface area is 185 Å². The van der Waals surface area contributed by atoms with Gasteiger partial charge in [0, 0.05) is 0 Å². The van der Waals surface area contributed by atoms with Gasteiger partial charge in [0.25, 0.3) is 5.56 Å². The highest BCUT2D eigenvalue weighted by atomic mass is 31.3. The molecule has 0 aliphatic carbocycles. The molecule has 2 rings (SSSR count). The van der Waals surface area contributed by atoms with Crippen LogP contribution in [-0.2, 0) is 35.9 Å². The van der Waals surface area contributed by atoms with Gasteiger partial charge >= 0.3 is 37.0 Å². The van der Waals surface area contributed by atoms with E-state index >= 15 is 0 Å². The van der Waals surface area contributed by atoms with Crippen LogP contribution in [0.4, 0.5) is 0 Å². The van der Waals surface area contributed by atoms with Gasteiger partial charge in [-0.15, -0.1) is 0 Å². The van der Waals surface area contributed by atoms with E-state index in [1.54, 1.807) is 4.98 Å². The van der Waals surface area contributed by atoms with E-state index in [9.17, 15) is 47.8 Å². The van der Waals surface area contributed by atoms with Crippen LogP contribution < -0.4 is 15.8 Å². The van der Waals surface area contributed by atoms with Crippen LogP contribution in [-0.4, -0.2) is 74.3 Å². The van der Waals surface area contributed by atoms with Crippen molar-refractivity contribution in [2.45, 2.75) is 24.5 Å². The molecular weight excluding hydrogens is 564 g/mol. The molecule has 1 aromatic rings. The highest BCUT2D eigenvalue weighted by Crippen LogP contribution is 2.70. The molecule has 25 heteroatoms. The first-order chi connectivity index (χ1) is 15.3. The van der Waals surface area contributed by atoms with Crippen LogP contribution in [0.25, 0.3) is 0 Å². The van der Waals surface area contributed by atoms with Crippen molar-refractivity contribution in [3.8, 4) is 5.75 Å². The third-order valence-electron chi connectivity index (χ3n) is 3.56. The minimum absolute atomic E-state index is 0.338. The predicted molar refractivity (Wildman–Crippen MR) is 99.7 cm³/mol. The molecule has 0 spiro atoms. The largest absolute Gasteiger partial charge is 0.536 e. The molecule has 7 atom stereocenters. The molecule has 3 unspecified atom stereocenters. The quantitative estimate of drug-likeness (QED) is 0.124. The number of ether oxygens (including phenoxy) is 1. The van der Waals surface area contributed by atoms with E-state index in [2.05, 4.69) is 17.5 Å². The van der Waals surface area contributed by atoms with Gasteiger partial charge in [0.2, 0.25) is 5.75 Å². The lowest BCUT2D eigenvalue weighted by Crippen LogP contribution is -2.38. The van der Waals surface area contributed by atoms with Gasteiger partial charge in [-0.2, -0.15) is 12.9 Å². The summed E-state index contributed by atoms with van der Waals surface area (Å²) in [6, 6.07) is 0. The van der Waals surface area contributed by atoms with Crippen molar-refractivity contribution in [1.29, 1.82) is 0 Å². The molecule has 0 bridgehead atoms. The van der Waals surface area contributed by atoms with Crippen molar-refractivity contribution >= 4 is 31.3 Å². The highest BCUT2D eigenvalue weighted by molar-refractivity contribution is 7.69. The summed E-state index contributed by atoms with van der Waals surface area (Å²) in [4.78, 5) is 70.2. The maximum absolute atomic E-state index is 12.0. The van der Waals surface area contributed by atoms with Crippen molar-refractivity contribution in [3.05, 3.63) is 27.0 Å². The number of hydrogen-bond donors (Lipinski definition) is 9. The van der Waals surface area contributed by atoms with Gasteiger partial charge in [-0.3, -0.25) is 19.2 Å². The number of hydrogen-bond acceptors (Lipinski definition) is 14. The summed E-state index contributed by atoms with van der Waals surface area (Å²) < 4.78 is 65.3. The molecule has 1 aromatic heterocycles. The fourth-order valence-electron chi connectivity index (χ4n) is 2.40. The second kappa shape index (κ2) is 10.1. The molecule has 0 radical (unpaired) electrons. The molecule has 34 heavy (non-hydrogen) atoms. The van der Waals surface area contributed by atoms with Crippen LogP contribution >= 0.6 is 31.3 Å². The molecule has 2 heterocycles. The van der Waals surface area contributed by atoms with Crippen molar-refractivity contribution < 1.29 is 80.2 Å². The first-order valence-electron chi connectivity index (χ1n) is 8.11. The molecule has 0 saturated carbocycles. The van der Waals surface area contributed by atoms with E-state index in [0.717, 1.165) is 0 Å². The van der Waals surface area contributed by atoms with E-state index in [1.165, 1.54) is 0 Å². The summed E-state index contributed by atoms with van der Waals surface area (Å²) in [6.45, 7) is -0.803. The first kappa shape index (κ1) is 29.2. The Hall–Kier alpha value is -1.08. The monoisotopic (exact) mass is 580 g/mol. The minimum atomic E-state index is -6.17. The predicted octanol–water partition coefficient (Wildman–Crippen LogP) is -3.03. The number of aromatic nitrogens is 2. The number of nitrogens with zero attached hydrogens (tertiary/aromatic N) is 1. The topological polar surface area (TPSA) is 331 Å². The second-order valence-electron chi connectivity index (χ2n) is 6.12. The van der Waals surface area contributed by atoms with Gasteiger partial charge in [0.15, 0.2) is 6.23 Å². The number of nitrogens with one attached hydrogen (secondary N) is 1. The molecule has 196 valence electrons. The summed E-state index contributed by atoms with van der Waals surface area (Å²) in [5.41, 5.74) is -2.86. The molecule has 0 aromatic carbocycles. The van der Waals surface area contributed by atoms with Crippen molar-refractivity contribution in [3.63, 3.8) is 0 Å².